The first kappa shape index (κ1) is 16.0. The highest BCUT2D eigenvalue weighted by molar-refractivity contribution is 5.92. The Labute approximate surface area is 130 Å². The summed E-state index contributed by atoms with van der Waals surface area (Å²) in [6, 6.07) is 3.71. The fourth-order valence-electron chi connectivity index (χ4n) is 2.14. The Bertz CT molecular complexity index is 560. The van der Waals surface area contributed by atoms with E-state index >= 15 is 0 Å². The molecule has 2 aromatic heterocycles. The minimum absolute atomic E-state index is 0.0613. The van der Waals surface area contributed by atoms with Crippen molar-refractivity contribution >= 4 is 11.7 Å². The van der Waals surface area contributed by atoms with Crippen molar-refractivity contribution in [1.82, 2.24) is 14.9 Å². The molecular formula is C16H22N4O2. The van der Waals surface area contributed by atoms with Crippen LogP contribution in [0.5, 0.6) is 0 Å². The van der Waals surface area contributed by atoms with Crippen LogP contribution in [0, 0.1) is 0 Å². The van der Waals surface area contributed by atoms with Gasteiger partial charge in [0, 0.05) is 13.1 Å². The third-order valence-corrected chi connectivity index (χ3v) is 3.17. The zero-order valence-corrected chi connectivity index (χ0v) is 13.1. The van der Waals surface area contributed by atoms with Crippen molar-refractivity contribution in [2.45, 2.75) is 33.2 Å². The third-order valence-electron chi connectivity index (χ3n) is 3.17. The lowest BCUT2D eigenvalue weighted by molar-refractivity contribution is 0.0749. The molecule has 22 heavy (non-hydrogen) atoms. The number of rotatable bonds is 8. The van der Waals surface area contributed by atoms with Crippen LogP contribution in [0.4, 0.5) is 5.82 Å². The van der Waals surface area contributed by atoms with Gasteiger partial charge in [0.2, 0.25) is 0 Å². The number of nitrogens with zero attached hydrogens (tertiary/aromatic N) is 3. The number of aromatic nitrogens is 2. The first-order chi connectivity index (χ1) is 10.7. The van der Waals surface area contributed by atoms with Crippen LogP contribution in [0.25, 0.3) is 0 Å². The number of furan rings is 1. The van der Waals surface area contributed by atoms with Crippen LogP contribution >= 0.6 is 0 Å². The average molecular weight is 302 g/mol. The van der Waals surface area contributed by atoms with Crippen LogP contribution < -0.4 is 5.32 Å². The number of carbonyl (C=O) groups is 1. The molecule has 2 rings (SSSR count). The molecule has 2 heterocycles. The largest absolute Gasteiger partial charge is 0.467 e. The van der Waals surface area contributed by atoms with Gasteiger partial charge in [-0.15, -0.1) is 0 Å². The van der Waals surface area contributed by atoms with Crippen LogP contribution in [0.3, 0.4) is 0 Å². The first-order valence-corrected chi connectivity index (χ1v) is 7.62. The van der Waals surface area contributed by atoms with E-state index in [9.17, 15) is 4.79 Å². The van der Waals surface area contributed by atoms with Crippen LogP contribution in [0.2, 0.25) is 0 Å². The SMILES string of the molecule is CCCN(CCC)C(=O)c1cnc(NCc2ccco2)cn1. The predicted octanol–water partition coefficient (Wildman–Crippen LogP) is 2.94. The van der Waals surface area contributed by atoms with Crippen molar-refractivity contribution in [3.8, 4) is 0 Å². The minimum atomic E-state index is -0.0613. The molecule has 0 saturated heterocycles. The van der Waals surface area contributed by atoms with Gasteiger partial charge in [0.1, 0.15) is 17.3 Å². The van der Waals surface area contributed by atoms with Gasteiger partial charge in [0.15, 0.2) is 0 Å². The molecule has 6 heteroatoms. The van der Waals surface area contributed by atoms with Gasteiger partial charge in [-0.05, 0) is 25.0 Å². The van der Waals surface area contributed by atoms with E-state index in [4.69, 9.17) is 4.42 Å². The topological polar surface area (TPSA) is 71.3 Å². The number of amides is 1. The Morgan fingerprint density at radius 2 is 2.00 bits per heavy atom. The molecule has 0 atom stereocenters. The van der Waals surface area contributed by atoms with E-state index < -0.39 is 0 Å². The van der Waals surface area contributed by atoms with Gasteiger partial charge >= 0.3 is 0 Å². The fourth-order valence-corrected chi connectivity index (χ4v) is 2.14. The molecular weight excluding hydrogens is 280 g/mol. The van der Waals surface area contributed by atoms with Crippen molar-refractivity contribution in [2.75, 3.05) is 18.4 Å². The van der Waals surface area contributed by atoms with Crippen LogP contribution in [0.1, 0.15) is 42.9 Å². The van der Waals surface area contributed by atoms with Crippen molar-refractivity contribution in [3.05, 3.63) is 42.2 Å². The number of hydrogen-bond acceptors (Lipinski definition) is 5. The number of hydrogen-bond donors (Lipinski definition) is 1. The predicted molar refractivity (Wildman–Crippen MR) is 84.6 cm³/mol. The second kappa shape index (κ2) is 8.17. The van der Waals surface area contributed by atoms with Crippen molar-refractivity contribution in [1.29, 1.82) is 0 Å². The zero-order chi connectivity index (χ0) is 15.8. The average Bonchev–Trinajstić information content (AvgIpc) is 3.06. The highest BCUT2D eigenvalue weighted by Crippen LogP contribution is 2.08. The molecule has 0 spiro atoms. The molecule has 0 unspecified atom stereocenters. The maximum Gasteiger partial charge on any atom is 0.274 e. The lowest BCUT2D eigenvalue weighted by Gasteiger charge is -2.20. The summed E-state index contributed by atoms with van der Waals surface area (Å²) in [7, 11) is 0. The summed E-state index contributed by atoms with van der Waals surface area (Å²) < 4.78 is 5.23. The summed E-state index contributed by atoms with van der Waals surface area (Å²) in [4.78, 5) is 22.6. The highest BCUT2D eigenvalue weighted by Gasteiger charge is 2.15. The van der Waals surface area contributed by atoms with Crippen molar-refractivity contribution in [2.24, 2.45) is 0 Å². The molecule has 1 amide bonds. The van der Waals surface area contributed by atoms with Gasteiger partial charge in [-0.1, -0.05) is 13.8 Å². The summed E-state index contributed by atoms with van der Waals surface area (Å²) in [5.41, 5.74) is 0.380. The molecule has 0 aliphatic rings. The van der Waals surface area contributed by atoms with E-state index in [0.29, 0.717) is 18.1 Å². The lowest BCUT2D eigenvalue weighted by Crippen LogP contribution is -2.33. The van der Waals surface area contributed by atoms with Gasteiger partial charge in [-0.25, -0.2) is 9.97 Å². The van der Waals surface area contributed by atoms with E-state index in [0.717, 1.165) is 31.7 Å². The third kappa shape index (κ3) is 4.31. The second-order valence-electron chi connectivity index (χ2n) is 5.01. The van der Waals surface area contributed by atoms with Crippen LogP contribution in [0.15, 0.2) is 35.2 Å². The standard InChI is InChI=1S/C16H22N4O2/c1-3-7-20(8-4-2)16(21)14-11-19-15(12-17-14)18-10-13-6-5-9-22-13/h5-6,9,11-12H,3-4,7-8,10H2,1-2H3,(H,18,19). The Kier molecular flexibility index (Phi) is 5.94. The molecule has 0 aromatic carbocycles. The van der Waals surface area contributed by atoms with Gasteiger partial charge in [0.25, 0.3) is 5.91 Å². The summed E-state index contributed by atoms with van der Waals surface area (Å²) in [5.74, 6) is 1.37. The lowest BCUT2D eigenvalue weighted by atomic mass is 10.3. The van der Waals surface area contributed by atoms with E-state index in [1.807, 2.05) is 17.0 Å². The van der Waals surface area contributed by atoms with Crippen LogP contribution in [-0.2, 0) is 6.54 Å². The van der Waals surface area contributed by atoms with E-state index in [1.165, 1.54) is 6.20 Å². The van der Waals surface area contributed by atoms with Gasteiger partial charge in [0.05, 0.1) is 25.2 Å². The molecule has 0 saturated carbocycles. The van der Waals surface area contributed by atoms with Crippen molar-refractivity contribution < 1.29 is 9.21 Å². The number of nitrogens with one attached hydrogen (secondary N) is 1. The molecule has 6 nitrogen and oxygen atoms in total. The monoisotopic (exact) mass is 302 g/mol. The zero-order valence-electron chi connectivity index (χ0n) is 13.1. The van der Waals surface area contributed by atoms with E-state index in [-0.39, 0.29) is 5.91 Å². The summed E-state index contributed by atoms with van der Waals surface area (Å²) in [6.45, 7) is 6.14. The maximum atomic E-state index is 12.4. The normalized spacial score (nSPS) is 10.5. The molecule has 0 bridgehead atoms. The van der Waals surface area contributed by atoms with Crippen molar-refractivity contribution in [3.63, 3.8) is 0 Å². The Balaban J connectivity index is 1.96. The molecule has 0 radical (unpaired) electrons. The fraction of sp³-hybridized carbons (Fsp3) is 0.438. The Morgan fingerprint density at radius 3 is 2.55 bits per heavy atom. The smallest absolute Gasteiger partial charge is 0.274 e. The van der Waals surface area contributed by atoms with E-state index in [2.05, 4.69) is 29.1 Å². The Morgan fingerprint density at radius 1 is 1.23 bits per heavy atom. The van der Waals surface area contributed by atoms with Gasteiger partial charge in [-0.3, -0.25) is 4.79 Å². The molecule has 2 aromatic rings. The first-order valence-electron chi connectivity index (χ1n) is 7.62. The summed E-state index contributed by atoms with van der Waals surface area (Å²) in [5, 5.41) is 3.10. The minimum Gasteiger partial charge on any atom is -0.467 e. The maximum absolute atomic E-state index is 12.4. The van der Waals surface area contributed by atoms with E-state index in [1.54, 1.807) is 12.5 Å². The summed E-state index contributed by atoms with van der Waals surface area (Å²) >= 11 is 0. The molecule has 0 aliphatic carbocycles. The number of carbonyl (C=O) groups excluding carboxylic acids is 1. The van der Waals surface area contributed by atoms with Crippen LogP contribution in [-0.4, -0.2) is 33.9 Å². The second-order valence-corrected chi connectivity index (χ2v) is 5.01. The quantitative estimate of drug-likeness (QED) is 0.811. The number of anilines is 1. The Hall–Kier alpha value is -2.37. The highest BCUT2D eigenvalue weighted by atomic mass is 16.3. The molecule has 1 N–H and O–H groups in total. The molecule has 0 fully saturated rings. The molecule has 118 valence electrons. The summed E-state index contributed by atoms with van der Waals surface area (Å²) in [6.07, 6.45) is 6.59. The molecule has 0 aliphatic heterocycles. The van der Waals surface area contributed by atoms with Gasteiger partial charge < -0.3 is 14.6 Å². The van der Waals surface area contributed by atoms with Gasteiger partial charge in [-0.2, -0.15) is 0 Å².